The molecule has 0 aliphatic rings. The second-order valence-corrected chi connectivity index (χ2v) is 4.11. The zero-order valence-electron chi connectivity index (χ0n) is 7.11. The fourth-order valence-corrected chi connectivity index (χ4v) is 1.73. The van der Waals surface area contributed by atoms with Crippen LogP contribution in [0.1, 0.15) is 10.5 Å². The van der Waals surface area contributed by atoms with E-state index in [4.69, 9.17) is 5.11 Å². The minimum Gasteiger partial charge on any atom is -0.476 e. The van der Waals surface area contributed by atoms with Crippen LogP contribution in [0, 0.1) is 0 Å². The number of thioether (sulfide) groups is 1. The predicted molar refractivity (Wildman–Crippen MR) is 55.9 cm³/mol. The van der Waals surface area contributed by atoms with E-state index < -0.39 is 5.97 Å². The van der Waals surface area contributed by atoms with E-state index in [1.807, 2.05) is 6.26 Å². The monoisotopic (exact) mass is 218 g/mol. The van der Waals surface area contributed by atoms with Crippen molar-refractivity contribution in [1.82, 2.24) is 4.98 Å². The molecule has 0 spiro atoms. The van der Waals surface area contributed by atoms with E-state index in [-0.39, 0.29) is 5.69 Å². The van der Waals surface area contributed by atoms with Crippen molar-refractivity contribution in [2.45, 2.75) is 0 Å². The first kappa shape index (κ1) is 10.3. The molecule has 0 aliphatic carbocycles. The lowest BCUT2D eigenvalue weighted by Gasteiger charge is -1.98. The molecule has 1 heterocycles. The molecule has 0 aliphatic heterocycles. The molecule has 1 aromatic rings. The molecule has 0 atom stereocenters. The van der Waals surface area contributed by atoms with Crippen LogP contribution in [0.3, 0.4) is 0 Å². The third kappa shape index (κ3) is 3.23. The molecule has 0 unspecified atom stereocenters. The normalized spacial score (nSPS) is 9.92. The summed E-state index contributed by atoms with van der Waals surface area (Å²) in [6.07, 6.45) is 2.02. The van der Waals surface area contributed by atoms with Gasteiger partial charge in [-0.05, 0) is 6.26 Å². The molecule has 1 aromatic heterocycles. The molecule has 0 saturated heterocycles. The molecule has 6 heteroatoms. The summed E-state index contributed by atoms with van der Waals surface area (Å²) in [5.74, 6) is 0.0105. The first-order valence-corrected chi connectivity index (χ1v) is 5.93. The number of hydrogen-bond acceptors (Lipinski definition) is 5. The Hall–Kier alpha value is -0.750. The summed E-state index contributed by atoms with van der Waals surface area (Å²) in [5.41, 5.74) is 0.108. The number of aromatic carboxylic acids is 1. The fourth-order valence-electron chi connectivity index (χ4n) is 0.713. The SMILES string of the molecule is CSCCNc1nc(C(=O)O)cs1. The van der Waals surface area contributed by atoms with E-state index in [2.05, 4.69) is 10.3 Å². The molecule has 13 heavy (non-hydrogen) atoms. The van der Waals surface area contributed by atoms with Gasteiger partial charge in [-0.15, -0.1) is 11.3 Å². The average molecular weight is 218 g/mol. The molecule has 0 saturated carbocycles. The summed E-state index contributed by atoms with van der Waals surface area (Å²) in [6, 6.07) is 0. The van der Waals surface area contributed by atoms with Gasteiger partial charge in [-0.1, -0.05) is 0 Å². The molecule has 72 valence electrons. The van der Waals surface area contributed by atoms with Gasteiger partial charge >= 0.3 is 5.97 Å². The molecule has 0 amide bonds. The van der Waals surface area contributed by atoms with Crippen LogP contribution >= 0.6 is 23.1 Å². The van der Waals surface area contributed by atoms with E-state index in [0.717, 1.165) is 12.3 Å². The Morgan fingerprint density at radius 2 is 2.62 bits per heavy atom. The van der Waals surface area contributed by atoms with E-state index in [9.17, 15) is 4.79 Å². The van der Waals surface area contributed by atoms with Crippen LogP contribution in [0.4, 0.5) is 5.13 Å². The minimum atomic E-state index is -0.978. The highest BCUT2D eigenvalue weighted by Crippen LogP contribution is 2.14. The lowest BCUT2D eigenvalue weighted by molar-refractivity contribution is 0.0691. The molecule has 4 nitrogen and oxygen atoms in total. The van der Waals surface area contributed by atoms with Crippen molar-refractivity contribution >= 4 is 34.2 Å². The summed E-state index contributed by atoms with van der Waals surface area (Å²) >= 11 is 3.05. The van der Waals surface area contributed by atoms with E-state index in [1.54, 1.807) is 11.8 Å². The molecular weight excluding hydrogens is 208 g/mol. The van der Waals surface area contributed by atoms with Gasteiger partial charge in [0, 0.05) is 17.7 Å². The number of carbonyl (C=O) groups is 1. The number of nitrogens with zero attached hydrogens (tertiary/aromatic N) is 1. The lowest BCUT2D eigenvalue weighted by atomic mass is 10.5. The zero-order chi connectivity index (χ0) is 9.68. The van der Waals surface area contributed by atoms with Crippen LogP contribution in [-0.4, -0.2) is 34.6 Å². The highest BCUT2D eigenvalue weighted by molar-refractivity contribution is 7.98. The van der Waals surface area contributed by atoms with Gasteiger partial charge in [0.2, 0.25) is 0 Å². The first-order chi connectivity index (χ1) is 6.24. The number of thiazole rings is 1. The van der Waals surface area contributed by atoms with Crippen LogP contribution in [0.15, 0.2) is 5.38 Å². The highest BCUT2D eigenvalue weighted by atomic mass is 32.2. The topological polar surface area (TPSA) is 62.2 Å². The largest absolute Gasteiger partial charge is 0.476 e. The maximum atomic E-state index is 10.5. The smallest absolute Gasteiger partial charge is 0.355 e. The van der Waals surface area contributed by atoms with Crippen molar-refractivity contribution in [1.29, 1.82) is 0 Å². The Morgan fingerprint density at radius 3 is 3.15 bits per heavy atom. The minimum absolute atomic E-state index is 0.108. The van der Waals surface area contributed by atoms with Crippen molar-refractivity contribution in [3.63, 3.8) is 0 Å². The Labute approximate surface area is 84.4 Å². The van der Waals surface area contributed by atoms with Crippen molar-refractivity contribution in [3.8, 4) is 0 Å². The number of hydrogen-bond donors (Lipinski definition) is 2. The zero-order valence-corrected chi connectivity index (χ0v) is 8.74. The van der Waals surface area contributed by atoms with Gasteiger partial charge in [-0.25, -0.2) is 9.78 Å². The standard InChI is InChI=1S/C7H10N2O2S2/c1-12-3-2-8-7-9-5(4-13-7)6(10)11/h4H,2-3H2,1H3,(H,8,9)(H,10,11). The van der Waals surface area contributed by atoms with Gasteiger partial charge < -0.3 is 10.4 Å². The van der Waals surface area contributed by atoms with Gasteiger partial charge in [-0.3, -0.25) is 0 Å². The average Bonchev–Trinajstić information content (AvgIpc) is 2.53. The first-order valence-electron chi connectivity index (χ1n) is 3.65. The molecule has 2 N–H and O–H groups in total. The molecule has 1 rings (SSSR count). The summed E-state index contributed by atoms with van der Waals surface area (Å²) in [7, 11) is 0. The molecule has 0 bridgehead atoms. The van der Waals surface area contributed by atoms with Crippen molar-refractivity contribution in [2.24, 2.45) is 0 Å². The van der Waals surface area contributed by atoms with Crippen LogP contribution in [-0.2, 0) is 0 Å². The molecular formula is C7H10N2O2S2. The third-order valence-corrected chi connectivity index (χ3v) is 2.72. The fraction of sp³-hybridized carbons (Fsp3) is 0.429. The predicted octanol–water partition coefficient (Wildman–Crippen LogP) is 1.62. The van der Waals surface area contributed by atoms with Crippen LogP contribution in [0.25, 0.3) is 0 Å². The maximum absolute atomic E-state index is 10.5. The van der Waals surface area contributed by atoms with E-state index in [0.29, 0.717) is 5.13 Å². The number of carboxylic acids is 1. The molecule has 0 aromatic carbocycles. The Morgan fingerprint density at radius 1 is 1.85 bits per heavy atom. The van der Waals surface area contributed by atoms with Gasteiger partial charge in [0.25, 0.3) is 0 Å². The number of nitrogens with one attached hydrogen (secondary N) is 1. The van der Waals surface area contributed by atoms with Crippen molar-refractivity contribution in [2.75, 3.05) is 23.9 Å². The number of carboxylic acid groups (broad SMARTS) is 1. The maximum Gasteiger partial charge on any atom is 0.355 e. The second-order valence-electron chi connectivity index (χ2n) is 2.26. The van der Waals surface area contributed by atoms with Crippen LogP contribution in [0.2, 0.25) is 0 Å². The van der Waals surface area contributed by atoms with E-state index in [1.165, 1.54) is 16.7 Å². The van der Waals surface area contributed by atoms with Crippen molar-refractivity contribution < 1.29 is 9.90 Å². The lowest BCUT2D eigenvalue weighted by Crippen LogP contribution is -2.04. The van der Waals surface area contributed by atoms with Crippen LogP contribution < -0.4 is 5.32 Å². The quantitative estimate of drug-likeness (QED) is 0.735. The highest BCUT2D eigenvalue weighted by Gasteiger charge is 2.07. The Kier molecular flexibility index (Phi) is 4.04. The summed E-state index contributed by atoms with van der Waals surface area (Å²) in [5, 5.41) is 13.8. The van der Waals surface area contributed by atoms with Gasteiger partial charge in [0.05, 0.1) is 0 Å². The Bertz CT molecular complexity index is 288. The summed E-state index contributed by atoms with van der Waals surface area (Å²) in [4.78, 5) is 14.3. The molecule has 0 radical (unpaired) electrons. The van der Waals surface area contributed by atoms with Gasteiger partial charge in [0.15, 0.2) is 10.8 Å². The summed E-state index contributed by atoms with van der Waals surface area (Å²) in [6.45, 7) is 0.813. The number of aromatic nitrogens is 1. The second kappa shape index (κ2) is 5.08. The number of anilines is 1. The molecule has 0 fully saturated rings. The van der Waals surface area contributed by atoms with Crippen molar-refractivity contribution in [3.05, 3.63) is 11.1 Å². The Balaban J connectivity index is 2.44. The third-order valence-electron chi connectivity index (χ3n) is 1.31. The summed E-state index contributed by atoms with van der Waals surface area (Å²) < 4.78 is 0. The van der Waals surface area contributed by atoms with Gasteiger partial charge in [0.1, 0.15) is 0 Å². The van der Waals surface area contributed by atoms with Crippen LogP contribution in [0.5, 0.6) is 0 Å². The van der Waals surface area contributed by atoms with E-state index >= 15 is 0 Å². The van der Waals surface area contributed by atoms with Gasteiger partial charge in [-0.2, -0.15) is 11.8 Å². The number of rotatable bonds is 5.